The maximum Gasteiger partial charge on any atom is 0.301 e. The highest BCUT2D eigenvalue weighted by molar-refractivity contribution is 7.90. The number of hydrogen-bond donors (Lipinski definition) is 5. The maximum absolute atomic E-state index is 15.6. The molecule has 0 unspecified atom stereocenters. The summed E-state index contributed by atoms with van der Waals surface area (Å²) in [4.78, 5) is 68.6. The van der Waals surface area contributed by atoms with Crippen LogP contribution in [-0.4, -0.2) is 126 Å². The number of piperidine rings is 2. The van der Waals surface area contributed by atoms with Crippen molar-refractivity contribution in [3.63, 3.8) is 0 Å². The van der Waals surface area contributed by atoms with Crippen LogP contribution < -0.4 is 25.2 Å². The van der Waals surface area contributed by atoms with E-state index < -0.39 is 50.5 Å². The van der Waals surface area contributed by atoms with Gasteiger partial charge in [-0.25, -0.2) is 18.7 Å². The number of aromatic nitrogens is 3. The van der Waals surface area contributed by atoms with Crippen LogP contribution in [-0.2, 0) is 24.6 Å². The second-order valence-corrected chi connectivity index (χ2v) is 18.6. The summed E-state index contributed by atoms with van der Waals surface area (Å²) in [5.41, 5.74) is 0.243. The minimum Gasteiger partial charge on any atom is -0.389 e. The topological polar surface area (TPSA) is 213 Å². The summed E-state index contributed by atoms with van der Waals surface area (Å²) in [5, 5.41) is 17.7. The number of carbonyl (C=O) groups excluding carboxylic acids is 4. The van der Waals surface area contributed by atoms with Gasteiger partial charge in [-0.15, -0.1) is 0 Å². The largest absolute Gasteiger partial charge is 0.389 e. The molecule has 17 nitrogen and oxygen atoms in total. The molecular weight excluding hydrogens is 886 g/mol. The summed E-state index contributed by atoms with van der Waals surface area (Å²) in [6.45, 7) is 4.58. The Morgan fingerprint density at radius 3 is 2.38 bits per heavy atom. The van der Waals surface area contributed by atoms with E-state index in [-0.39, 0.29) is 42.7 Å². The zero-order valence-corrected chi connectivity index (χ0v) is 37.1. The summed E-state index contributed by atoms with van der Waals surface area (Å²) in [6.07, 6.45) is 5.92. The number of benzene rings is 2. The Morgan fingerprint density at radius 1 is 0.969 bits per heavy atom. The van der Waals surface area contributed by atoms with E-state index in [4.69, 9.17) is 11.6 Å². The van der Waals surface area contributed by atoms with E-state index in [0.29, 0.717) is 97.2 Å². The van der Waals surface area contributed by atoms with Gasteiger partial charge in [0.25, 0.3) is 0 Å². The number of H-pyrrole nitrogens is 1. The highest BCUT2D eigenvalue weighted by atomic mass is 35.5. The molecule has 2 aromatic carbocycles. The second-order valence-electron chi connectivity index (χ2n) is 16.4. The highest BCUT2D eigenvalue weighted by Gasteiger charge is 2.37. The predicted molar refractivity (Wildman–Crippen MR) is 241 cm³/mol. The summed E-state index contributed by atoms with van der Waals surface area (Å²) in [5.74, 6) is -3.62. The van der Waals surface area contributed by atoms with Gasteiger partial charge in [0.15, 0.2) is 5.82 Å². The fourth-order valence-electron chi connectivity index (χ4n) is 8.26. The molecule has 3 amide bonds. The van der Waals surface area contributed by atoms with Gasteiger partial charge in [0, 0.05) is 106 Å². The van der Waals surface area contributed by atoms with Gasteiger partial charge in [-0.05, 0) is 67.8 Å². The van der Waals surface area contributed by atoms with Gasteiger partial charge in [-0.3, -0.25) is 29.2 Å². The number of carbonyl (C=O) groups is 4. The predicted octanol–water partition coefficient (Wildman–Crippen LogP) is 4.68. The highest BCUT2D eigenvalue weighted by Crippen LogP contribution is 2.36. The summed E-state index contributed by atoms with van der Waals surface area (Å²) in [7, 11) is -2.87. The third-order valence-corrected chi connectivity index (χ3v) is 14.1. The molecule has 3 aromatic heterocycles. The molecule has 6 heterocycles. The zero-order valence-electron chi connectivity index (χ0n) is 35.5. The summed E-state index contributed by atoms with van der Waals surface area (Å²) < 4.78 is 58.8. The standard InChI is InChI=1S/C44H47ClF2N10O7S/c1-3-54(2)65(63,64)53-33-7-6-32(46)39(40(33)47)41(60)30-25-50-42-29(30)20-27(24-49-42)26-4-10-36(48-23-26)56-16-18-57(19-17-56)38(59)22-44(62)12-14-55(15-13-44)35-9-5-28(21-31(35)45)51-34-8-11-37(58)52-43(34)61/h4-7,9-10,20-21,23-25,34,51,53,62H,3,8,11-19,22H2,1-2H3,(H,49,50)(H,52,58,61)/t34-/m0/s1. The molecule has 0 spiro atoms. The molecule has 5 aromatic rings. The first kappa shape index (κ1) is 45.4. The smallest absolute Gasteiger partial charge is 0.301 e. The lowest BCUT2D eigenvalue weighted by Gasteiger charge is -2.41. The fourth-order valence-corrected chi connectivity index (χ4v) is 9.49. The van der Waals surface area contributed by atoms with Crippen molar-refractivity contribution in [2.24, 2.45) is 0 Å². The van der Waals surface area contributed by atoms with E-state index in [1.165, 1.54) is 13.2 Å². The molecule has 0 bridgehead atoms. The maximum atomic E-state index is 15.6. The Labute approximate surface area is 378 Å². The van der Waals surface area contributed by atoms with Crippen LogP contribution in [0, 0.1) is 11.6 Å². The number of fused-ring (bicyclic) bond motifs is 1. The lowest BCUT2D eigenvalue weighted by molar-refractivity contribution is -0.138. The normalized spacial score (nSPS) is 18.0. The van der Waals surface area contributed by atoms with Crippen LogP contribution in [0.25, 0.3) is 22.2 Å². The molecule has 0 aliphatic carbocycles. The van der Waals surface area contributed by atoms with Gasteiger partial charge in [0.1, 0.15) is 23.3 Å². The number of pyridine rings is 2. The number of nitrogens with one attached hydrogen (secondary N) is 4. The Kier molecular flexibility index (Phi) is 12.8. The molecule has 21 heteroatoms. The molecule has 3 saturated heterocycles. The van der Waals surface area contributed by atoms with Crippen molar-refractivity contribution in [1.82, 2.24) is 29.5 Å². The Hall–Kier alpha value is -6.22. The summed E-state index contributed by atoms with van der Waals surface area (Å²) in [6, 6.07) is 12.0. The zero-order chi connectivity index (χ0) is 46.2. The first-order valence-corrected chi connectivity index (χ1v) is 22.9. The molecule has 8 rings (SSSR count). The van der Waals surface area contributed by atoms with E-state index >= 15 is 8.78 Å². The van der Waals surface area contributed by atoms with Crippen molar-refractivity contribution >= 4 is 79.2 Å². The van der Waals surface area contributed by atoms with Crippen LogP contribution >= 0.6 is 11.6 Å². The molecule has 0 saturated carbocycles. The molecule has 65 heavy (non-hydrogen) atoms. The SMILES string of the molecule is CCN(C)S(=O)(=O)Nc1ccc(F)c(C(=O)c2c[nH]c3ncc(-c4ccc(N5CCN(C(=O)CC6(O)CCN(c7ccc(N[C@H]8CCC(=O)NC8=O)cc7Cl)CC6)CC5)nc4)cc23)c1F. The van der Waals surface area contributed by atoms with E-state index in [2.05, 4.69) is 40.1 Å². The molecule has 5 N–H and O–H groups in total. The number of aromatic amines is 1. The number of anilines is 4. The molecule has 3 aliphatic heterocycles. The number of imide groups is 1. The van der Waals surface area contributed by atoms with Gasteiger partial charge < -0.3 is 30.1 Å². The minimum atomic E-state index is -4.16. The van der Waals surface area contributed by atoms with Crippen molar-refractivity contribution in [2.75, 3.05) is 72.7 Å². The fraction of sp³-hybridized carbons (Fsp3) is 0.364. The quantitative estimate of drug-likeness (QED) is 0.0805. The van der Waals surface area contributed by atoms with Crippen LogP contribution in [0.1, 0.15) is 54.9 Å². The lowest BCUT2D eigenvalue weighted by atomic mass is 9.87. The lowest BCUT2D eigenvalue weighted by Crippen LogP contribution is -2.52. The van der Waals surface area contributed by atoms with E-state index in [1.807, 2.05) is 24.3 Å². The Morgan fingerprint density at radius 2 is 1.71 bits per heavy atom. The van der Waals surface area contributed by atoms with E-state index in [0.717, 1.165) is 22.1 Å². The van der Waals surface area contributed by atoms with Gasteiger partial charge in [-0.2, -0.15) is 12.7 Å². The van der Waals surface area contributed by atoms with Crippen LogP contribution in [0.5, 0.6) is 0 Å². The van der Waals surface area contributed by atoms with Gasteiger partial charge in [-0.1, -0.05) is 18.5 Å². The number of halogens is 3. The number of piperazine rings is 1. The van der Waals surface area contributed by atoms with Crippen molar-refractivity contribution < 1.29 is 41.5 Å². The van der Waals surface area contributed by atoms with E-state index in [1.54, 1.807) is 36.4 Å². The second kappa shape index (κ2) is 18.3. The van der Waals surface area contributed by atoms with Crippen LogP contribution in [0.4, 0.5) is 31.7 Å². The third-order valence-electron chi connectivity index (χ3n) is 12.3. The molecule has 1 atom stereocenters. The number of amides is 3. The average molecular weight is 933 g/mol. The molecular formula is C44H47ClF2N10O7S. The number of hydrogen-bond acceptors (Lipinski definition) is 12. The Balaban J connectivity index is 0.851. The number of aliphatic hydroxyl groups is 1. The molecule has 3 aliphatic rings. The van der Waals surface area contributed by atoms with Crippen LogP contribution in [0.15, 0.2) is 67.1 Å². The Bertz CT molecular complexity index is 2780. The number of ketones is 1. The van der Waals surface area contributed by atoms with E-state index in [9.17, 15) is 32.7 Å². The first-order valence-electron chi connectivity index (χ1n) is 21.1. The van der Waals surface area contributed by atoms with Gasteiger partial charge in [0.2, 0.25) is 23.5 Å². The minimum absolute atomic E-state index is 0.00215. The molecule has 0 radical (unpaired) electrons. The average Bonchev–Trinajstić information content (AvgIpc) is 3.72. The van der Waals surface area contributed by atoms with Crippen molar-refractivity contribution in [2.45, 2.75) is 50.7 Å². The van der Waals surface area contributed by atoms with Gasteiger partial charge >= 0.3 is 10.2 Å². The third kappa shape index (κ3) is 9.61. The van der Waals surface area contributed by atoms with Crippen LogP contribution in [0.2, 0.25) is 5.02 Å². The first-order chi connectivity index (χ1) is 31.0. The monoisotopic (exact) mass is 932 g/mol. The van der Waals surface area contributed by atoms with Crippen LogP contribution in [0.3, 0.4) is 0 Å². The number of rotatable bonds is 13. The van der Waals surface area contributed by atoms with Crippen molar-refractivity contribution in [3.8, 4) is 11.1 Å². The molecule has 3 fully saturated rings. The number of nitrogens with zero attached hydrogens (tertiary/aromatic N) is 6. The van der Waals surface area contributed by atoms with Crippen molar-refractivity contribution in [1.29, 1.82) is 0 Å². The van der Waals surface area contributed by atoms with Gasteiger partial charge in [0.05, 0.1) is 34.0 Å². The summed E-state index contributed by atoms with van der Waals surface area (Å²) >= 11 is 6.65. The van der Waals surface area contributed by atoms with Crippen molar-refractivity contribution in [3.05, 3.63) is 94.9 Å². The molecule has 342 valence electrons.